The van der Waals surface area contributed by atoms with Crippen LogP contribution in [0.2, 0.25) is 0 Å². The summed E-state index contributed by atoms with van der Waals surface area (Å²) in [5.74, 6) is 0. The molecule has 0 fully saturated rings. The van der Waals surface area contributed by atoms with Crippen molar-refractivity contribution in [1.29, 1.82) is 5.26 Å². The molecule has 1 atom stereocenters. The van der Waals surface area contributed by atoms with Crippen molar-refractivity contribution in [2.75, 3.05) is 5.32 Å². The van der Waals surface area contributed by atoms with Crippen LogP contribution in [0.5, 0.6) is 0 Å². The molecule has 0 bridgehead atoms. The van der Waals surface area contributed by atoms with Crippen LogP contribution in [0.25, 0.3) is 10.8 Å². The minimum absolute atomic E-state index is 0.278. The summed E-state index contributed by atoms with van der Waals surface area (Å²) in [6.45, 7) is 0. The molecule has 2 nitrogen and oxygen atoms in total. The molecule has 0 amide bonds. The fraction of sp³-hybridized carbons (Fsp3) is 0.105. The Hall–Kier alpha value is -2.79. The summed E-state index contributed by atoms with van der Waals surface area (Å²) < 4.78 is 0. The molecule has 1 unspecified atom stereocenters. The first kappa shape index (κ1) is 12.0. The van der Waals surface area contributed by atoms with E-state index in [0.717, 1.165) is 12.1 Å². The van der Waals surface area contributed by atoms with Gasteiger partial charge in [-0.2, -0.15) is 5.26 Å². The van der Waals surface area contributed by atoms with Gasteiger partial charge in [-0.1, -0.05) is 48.5 Å². The normalized spacial score (nSPS) is 16.2. The summed E-state index contributed by atoms with van der Waals surface area (Å²) in [6, 6.07) is 23.3. The molecule has 100 valence electrons. The van der Waals surface area contributed by atoms with Crippen LogP contribution in [0.3, 0.4) is 0 Å². The van der Waals surface area contributed by atoms with E-state index in [1.165, 1.54) is 21.9 Å². The average Bonchev–Trinajstić information content (AvgIpc) is 2.97. The molecule has 1 heterocycles. The average molecular weight is 270 g/mol. The van der Waals surface area contributed by atoms with E-state index in [1.807, 2.05) is 12.1 Å². The maximum atomic E-state index is 9.02. The summed E-state index contributed by atoms with van der Waals surface area (Å²) in [5, 5.41) is 15.1. The first-order valence-electron chi connectivity index (χ1n) is 7.12. The maximum absolute atomic E-state index is 9.02. The Morgan fingerprint density at radius 3 is 2.76 bits per heavy atom. The number of hydrogen-bond acceptors (Lipinski definition) is 2. The third kappa shape index (κ3) is 1.95. The van der Waals surface area contributed by atoms with Gasteiger partial charge in [-0.3, -0.25) is 0 Å². The van der Waals surface area contributed by atoms with E-state index in [4.69, 9.17) is 5.26 Å². The highest BCUT2D eigenvalue weighted by Crippen LogP contribution is 2.37. The fourth-order valence-corrected chi connectivity index (χ4v) is 3.16. The molecule has 3 aromatic rings. The van der Waals surface area contributed by atoms with E-state index < -0.39 is 0 Å². The van der Waals surface area contributed by atoms with Gasteiger partial charge in [0.05, 0.1) is 17.7 Å². The summed E-state index contributed by atoms with van der Waals surface area (Å²) in [6.07, 6.45) is 0.967. The van der Waals surface area contributed by atoms with Crippen LogP contribution in [0, 0.1) is 11.3 Å². The highest BCUT2D eigenvalue weighted by atomic mass is 14.9. The van der Waals surface area contributed by atoms with Crippen LogP contribution in [0.1, 0.15) is 22.7 Å². The third-order valence-corrected chi connectivity index (χ3v) is 4.19. The highest BCUT2D eigenvalue weighted by Gasteiger charge is 2.23. The molecule has 0 radical (unpaired) electrons. The third-order valence-electron chi connectivity index (χ3n) is 4.19. The van der Waals surface area contributed by atoms with E-state index in [0.29, 0.717) is 5.56 Å². The Kier molecular flexibility index (Phi) is 2.65. The minimum atomic E-state index is 0.278. The number of nitrogens with one attached hydrogen (secondary N) is 1. The number of hydrogen-bond donors (Lipinski definition) is 1. The lowest BCUT2D eigenvalue weighted by Crippen LogP contribution is -2.06. The van der Waals surface area contributed by atoms with Gasteiger partial charge in [-0.05, 0) is 40.5 Å². The van der Waals surface area contributed by atoms with Gasteiger partial charge in [0.25, 0.3) is 0 Å². The van der Waals surface area contributed by atoms with Gasteiger partial charge in [0.2, 0.25) is 0 Å². The minimum Gasteiger partial charge on any atom is -0.378 e. The van der Waals surface area contributed by atoms with E-state index in [-0.39, 0.29) is 6.04 Å². The largest absolute Gasteiger partial charge is 0.378 e. The van der Waals surface area contributed by atoms with Crippen LogP contribution in [0.15, 0.2) is 60.7 Å². The Morgan fingerprint density at radius 2 is 1.86 bits per heavy atom. The van der Waals surface area contributed by atoms with Crippen molar-refractivity contribution < 1.29 is 0 Å². The molecular weight excluding hydrogens is 256 g/mol. The summed E-state index contributed by atoms with van der Waals surface area (Å²) in [4.78, 5) is 0. The van der Waals surface area contributed by atoms with Gasteiger partial charge < -0.3 is 5.32 Å². The molecule has 1 aliphatic heterocycles. The maximum Gasteiger partial charge on any atom is 0.0992 e. The molecule has 4 rings (SSSR count). The van der Waals surface area contributed by atoms with Crippen LogP contribution < -0.4 is 5.32 Å². The SMILES string of the molecule is N#Cc1ccc2c(c1)NC(c1cccc3ccccc13)C2. The fourth-order valence-electron chi connectivity index (χ4n) is 3.16. The van der Waals surface area contributed by atoms with Gasteiger partial charge in [0.15, 0.2) is 0 Å². The number of rotatable bonds is 1. The zero-order chi connectivity index (χ0) is 14.2. The Morgan fingerprint density at radius 1 is 1.00 bits per heavy atom. The predicted molar refractivity (Wildman–Crippen MR) is 85.2 cm³/mol. The van der Waals surface area contributed by atoms with Crippen molar-refractivity contribution in [2.24, 2.45) is 0 Å². The number of benzene rings is 3. The standard InChI is InChI=1S/C19H14N2/c20-12-13-8-9-15-11-19(21-18(15)10-13)17-7-3-5-14-4-1-2-6-16(14)17/h1-10,19,21H,11H2. The van der Waals surface area contributed by atoms with Crippen LogP contribution in [-0.4, -0.2) is 0 Å². The number of nitrogens with zero attached hydrogens (tertiary/aromatic N) is 1. The molecule has 0 saturated heterocycles. The van der Waals surface area contributed by atoms with Crippen LogP contribution >= 0.6 is 0 Å². The van der Waals surface area contributed by atoms with Gasteiger partial charge in [0, 0.05) is 5.69 Å². The second kappa shape index (κ2) is 4.64. The second-order valence-corrected chi connectivity index (χ2v) is 5.45. The molecule has 2 heteroatoms. The zero-order valence-electron chi connectivity index (χ0n) is 11.5. The Labute approximate surface area is 123 Å². The molecule has 1 N–H and O–H groups in total. The van der Waals surface area contributed by atoms with E-state index in [1.54, 1.807) is 0 Å². The van der Waals surface area contributed by atoms with Gasteiger partial charge in [0.1, 0.15) is 0 Å². The molecule has 0 aromatic heterocycles. The lowest BCUT2D eigenvalue weighted by Gasteiger charge is -2.14. The molecule has 3 aromatic carbocycles. The molecular formula is C19H14N2. The van der Waals surface area contributed by atoms with E-state index >= 15 is 0 Å². The molecule has 1 aliphatic rings. The van der Waals surface area contributed by atoms with Crippen molar-refractivity contribution in [1.82, 2.24) is 0 Å². The van der Waals surface area contributed by atoms with Gasteiger partial charge >= 0.3 is 0 Å². The predicted octanol–water partition coefficient (Wildman–Crippen LogP) is 4.42. The Bertz CT molecular complexity index is 869. The molecule has 0 aliphatic carbocycles. The van der Waals surface area contributed by atoms with Crippen molar-refractivity contribution in [2.45, 2.75) is 12.5 Å². The molecule has 0 saturated carbocycles. The Balaban J connectivity index is 1.77. The highest BCUT2D eigenvalue weighted by molar-refractivity contribution is 5.86. The first-order valence-corrected chi connectivity index (χ1v) is 7.12. The summed E-state index contributed by atoms with van der Waals surface area (Å²) in [7, 11) is 0. The van der Waals surface area contributed by atoms with E-state index in [2.05, 4.69) is 59.9 Å². The van der Waals surface area contributed by atoms with Crippen molar-refractivity contribution >= 4 is 16.5 Å². The van der Waals surface area contributed by atoms with Crippen molar-refractivity contribution in [3.05, 3.63) is 77.4 Å². The van der Waals surface area contributed by atoms with Crippen LogP contribution in [-0.2, 0) is 6.42 Å². The molecule has 0 spiro atoms. The molecule has 21 heavy (non-hydrogen) atoms. The quantitative estimate of drug-likeness (QED) is 0.710. The topological polar surface area (TPSA) is 35.8 Å². The summed E-state index contributed by atoms with van der Waals surface area (Å²) >= 11 is 0. The number of fused-ring (bicyclic) bond motifs is 2. The van der Waals surface area contributed by atoms with Crippen molar-refractivity contribution in [3.63, 3.8) is 0 Å². The monoisotopic (exact) mass is 270 g/mol. The second-order valence-electron chi connectivity index (χ2n) is 5.45. The summed E-state index contributed by atoms with van der Waals surface area (Å²) in [5.41, 5.74) is 4.40. The van der Waals surface area contributed by atoms with Gasteiger partial charge in [-0.15, -0.1) is 0 Å². The zero-order valence-corrected chi connectivity index (χ0v) is 11.5. The van der Waals surface area contributed by atoms with Gasteiger partial charge in [-0.25, -0.2) is 0 Å². The van der Waals surface area contributed by atoms with E-state index in [9.17, 15) is 0 Å². The smallest absolute Gasteiger partial charge is 0.0992 e. The lowest BCUT2D eigenvalue weighted by atomic mass is 9.96. The van der Waals surface area contributed by atoms with Crippen molar-refractivity contribution in [3.8, 4) is 6.07 Å². The lowest BCUT2D eigenvalue weighted by molar-refractivity contribution is 0.832. The van der Waals surface area contributed by atoms with Crippen LogP contribution in [0.4, 0.5) is 5.69 Å². The first-order chi connectivity index (χ1) is 10.3. The number of anilines is 1. The number of nitriles is 1.